The Kier molecular flexibility index (Phi) is 7.87. The molecule has 0 heterocycles. The maximum absolute atomic E-state index is 12.1. The van der Waals surface area contributed by atoms with Gasteiger partial charge in [-0.3, -0.25) is 0 Å². The molecule has 1 amide bonds. The SMILES string of the molecule is CCCCC(=C=C1CCCCC1O)CN(C)C(=O)OC(C)(C)C. The molecule has 0 aliphatic heterocycles. The molecule has 132 valence electrons. The zero-order chi connectivity index (χ0) is 17.5. The third-order valence-electron chi connectivity index (χ3n) is 3.88. The highest BCUT2D eigenvalue weighted by molar-refractivity contribution is 5.68. The number of aliphatic hydroxyl groups excluding tert-OH is 1. The van der Waals surface area contributed by atoms with Gasteiger partial charge in [-0.15, -0.1) is 5.73 Å². The molecule has 1 fully saturated rings. The molecule has 1 saturated carbocycles. The van der Waals surface area contributed by atoms with Crippen LogP contribution in [0.5, 0.6) is 0 Å². The molecule has 1 N–H and O–H groups in total. The zero-order valence-electron chi connectivity index (χ0n) is 15.4. The van der Waals surface area contributed by atoms with E-state index in [1.54, 1.807) is 11.9 Å². The Morgan fingerprint density at radius 3 is 2.65 bits per heavy atom. The van der Waals surface area contributed by atoms with E-state index < -0.39 is 5.60 Å². The number of rotatable bonds is 5. The highest BCUT2D eigenvalue weighted by atomic mass is 16.6. The van der Waals surface area contributed by atoms with Gasteiger partial charge in [0.2, 0.25) is 0 Å². The fourth-order valence-corrected chi connectivity index (χ4v) is 2.63. The molecule has 4 nitrogen and oxygen atoms in total. The van der Waals surface area contributed by atoms with Crippen molar-refractivity contribution in [3.8, 4) is 0 Å². The lowest BCUT2D eigenvalue weighted by Crippen LogP contribution is -2.35. The second-order valence-corrected chi connectivity index (χ2v) is 7.46. The number of ether oxygens (including phenoxy) is 1. The van der Waals surface area contributed by atoms with Crippen molar-refractivity contribution >= 4 is 6.09 Å². The Morgan fingerprint density at radius 1 is 1.39 bits per heavy atom. The van der Waals surface area contributed by atoms with Crippen LogP contribution in [-0.4, -0.2) is 41.4 Å². The van der Waals surface area contributed by atoms with Crippen LogP contribution in [0.25, 0.3) is 0 Å². The molecule has 1 aliphatic carbocycles. The van der Waals surface area contributed by atoms with E-state index >= 15 is 0 Å². The Morgan fingerprint density at radius 2 is 2.09 bits per heavy atom. The average molecular weight is 323 g/mol. The second kappa shape index (κ2) is 9.14. The first-order valence-electron chi connectivity index (χ1n) is 8.82. The number of hydrogen-bond acceptors (Lipinski definition) is 3. The summed E-state index contributed by atoms with van der Waals surface area (Å²) in [5.74, 6) is 0. The van der Waals surface area contributed by atoms with Crippen LogP contribution >= 0.6 is 0 Å². The summed E-state index contributed by atoms with van der Waals surface area (Å²) in [6.07, 6.45) is 6.30. The van der Waals surface area contributed by atoms with Crippen molar-refractivity contribution in [2.75, 3.05) is 13.6 Å². The highest BCUT2D eigenvalue weighted by Gasteiger charge is 2.21. The van der Waals surface area contributed by atoms with E-state index in [0.717, 1.165) is 56.1 Å². The van der Waals surface area contributed by atoms with Gasteiger partial charge < -0.3 is 14.7 Å². The molecule has 4 heteroatoms. The third-order valence-corrected chi connectivity index (χ3v) is 3.88. The predicted octanol–water partition coefficient (Wildman–Crippen LogP) is 4.43. The quantitative estimate of drug-likeness (QED) is 0.761. The minimum absolute atomic E-state index is 0.317. The van der Waals surface area contributed by atoms with Gasteiger partial charge in [-0.2, -0.15) is 0 Å². The summed E-state index contributed by atoms with van der Waals surface area (Å²) in [6, 6.07) is 0. The predicted molar refractivity (Wildman–Crippen MR) is 93.4 cm³/mol. The van der Waals surface area contributed by atoms with E-state index in [0.29, 0.717) is 6.54 Å². The Bertz CT molecular complexity index is 456. The molecule has 1 unspecified atom stereocenters. The first-order chi connectivity index (χ1) is 10.7. The van der Waals surface area contributed by atoms with Gasteiger partial charge >= 0.3 is 6.09 Å². The van der Waals surface area contributed by atoms with Gasteiger partial charge in [-0.25, -0.2) is 4.79 Å². The molecule has 0 aromatic heterocycles. The summed E-state index contributed by atoms with van der Waals surface area (Å²) in [5, 5.41) is 10.1. The zero-order valence-corrected chi connectivity index (χ0v) is 15.4. The summed E-state index contributed by atoms with van der Waals surface area (Å²) < 4.78 is 5.41. The molecule has 0 aromatic rings. The third kappa shape index (κ3) is 7.71. The standard InChI is InChI=1S/C19H33NO3/c1-6-7-10-15(13-16-11-8-9-12-17(16)21)14-20(5)18(22)23-19(2,3)4/h17,21H,6-12,14H2,1-5H3. The second-order valence-electron chi connectivity index (χ2n) is 7.46. The fourth-order valence-electron chi connectivity index (χ4n) is 2.63. The van der Waals surface area contributed by atoms with E-state index in [4.69, 9.17) is 4.74 Å². The van der Waals surface area contributed by atoms with E-state index in [9.17, 15) is 9.90 Å². The van der Waals surface area contributed by atoms with Crippen LogP contribution < -0.4 is 0 Å². The number of amides is 1. The molecule has 0 radical (unpaired) electrons. The Labute approximate surface area is 141 Å². The minimum Gasteiger partial charge on any atom is -0.444 e. The van der Waals surface area contributed by atoms with Crippen molar-refractivity contribution in [2.45, 2.75) is 84.3 Å². The molecule has 0 aromatic carbocycles. The molecule has 23 heavy (non-hydrogen) atoms. The summed E-state index contributed by atoms with van der Waals surface area (Å²) in [5.41, 5.74) is 5.01. The number of unbranched alkanes of at least 4 members (excludes halogenated alkanes) is 1. The number of aliphatic hydroxyl groups is 1. The highest BCUT2D eigenvalue weighted by Crippen LogP contribution is 2.24. The van der Waals surface area contributed by atoms with Crippen LogP contribution in [0.4, 0.5) is 4.79 Å². The monoisotopic (exact) mass is 323 g/mol. The van der Waals surface area contributed by atoms with E-state index in [2.05, 4.69) is 12.7 Å². The van der Waals surface area contributed by atoms with Crippen LogP contribution in [0.15, 0.2) is 16.9 Å². The van der Waals surface area contributed by atoms with Crippen molar-refractivity contribution in [3.05, 3.63) is 16.9 Å². The van der Waals surface area contributed by atoms with Gasteiger partial charge in [0.1, 0.15) is 5.60 Å². The van der Waals surface area contributed by atoms with Crippen LogP contribution in [0.3, 0.4) is 0 Å². The van der Waals surface area contributed by atoms with Gasteiger partial charge in [0.05, 0.1) is 12.6 Å². The lowest BCUT2D eigenvalue weighted by atomic mass is 9.92. The van der Waals surface area contributed by atoms with Gasteiger partial charge in [0.25, 0.3) is 0 Å². The van der Waals surface area contributed by atoms with Crippen LogP contribution in [-0.2, 0) is 4.74 Å². The van der Waals surface area contributed by atoms with E-state index in [1.165, 1.54) is 0 Å². The lowest BCUT2D eigenvalue weighted by molar-refractivity contribution is 0.0312. The molecular formula is C19H33NO3. The Balaban J connectivity index is 2.85. The molecule has 0 saturated heterocycles. The van der Waals surface area contributed by atoms with Gasteiger partial charge in [0, 0.05) is 12.6 Å². The first-order valence-corrected chi connectivity index (χ1v) is 8.82. The Hall–Kier alpha value is -1.25. The van der Waals surface area contributed by atoms with Crippen molar-refractivity contribution in [2.24, 2.45) is 0 Å². The fraction of sp³-hybridized carbons (Fsp3) is 0.789. The number of likely N-dealkylation sites (N-methyl/N-ethyl adjacent to an activating group) is 1. The average Bonchev–Trinajstić information content (AvgIpc) is 2.45. The summed E-state index contributed by atoms with van der Waals surface area (Å²) in [7, 11) is 1.75. The van der Waals surface area contributed by atoms with Gasteiger partial charge in [-0.1, -0.05) is 19.8 Å². The maximum atomic E-state index is 12.1. The van der Waals surface area contributed by atoms with Gasteiger partial charge in [0.15, 0.2) is 0 Å². The number of carbonyl (C=O) groups is 1. The summed E-state index contributed by atoms with van der Waals surface area (Å²) in [6.45, 7) is 8.26. The van der Waals surface area contributed by atoms with Crippen molar-refractivity contribution in [1.82, 2.24) is 4.90 Å². The lowest BCUT2D eigenvalue weighted by Gasteiger charge is -2.25. The largest absolute Gasteiger partial charge is 0.444 e. The van der Waals surface area contributed by atoms with E-state index in [-0.39, 0.29) is 12.2 Å². The van der Waals surface area contributed by atoms with Crippen molar-refractivity contribution in [1.29, 1.82) is 0 Å². The number of carbonyl (C=O) groups excluding carboxylic acids is 1. The number of hydrogen-bond donors (Lipinski definition) is 1. The van der Waals surface area contributed by atoms with Crippen molar-refractivity contribution in [3.63, 3.8) is 0 Å². The first kappa shape index (κ1) is 19.8. The van der Waals surface area contributed by atoms with E-state index in [1.807, 2.05) is 20.8 Å². The van der Waals surface area contributed by atoms with Gasteiger partial charge in [-0.05, 0) is 58.4 Å². The van der Waals surface area contributed by atoms with Crippen LogP contribution in [0, 0.1) is 0 Å². The molecule has 0 spiro atoms. The normalized spacial score (nSPS) is 18.3. The molecule has 1 atom stereocenters. The molecular weight excluding hydrogens is 290 g/mol. The van der Waals surface area contributed by atoms with Crippen LogP contribution in [0.1, 0.15) is 72.6 Å². The van der Waals surface area contributed by atoms with Crippen LogP contribution in [0.2, 0.25) is 0 Å². The molecule has 1 rings (SSSR count). The summed E-state index contributed by atoms with van der Waals surface area (Å²) >= 11 is 0. The molecule has 0 bridgehead atoms. The minimum atomic E-state index is -0.489. The summed E-state index contributed by atoms with van der Waals surface area (Å²) in [4.78, 5) is 13.7. The topological polar surface area (TPSA) is 49.8 Å². The molecule has 1 aliphatic rings. The maximum Gasteiger partial charge on any atom is 0.410 e. The van der Waals surface area contributed by atoms with Crippen molar-refractivity contribution < 1.29 is 14.6 Å². The number of nitrogens with zero attached hydrogens (tertiary/aromatic N) is 1. The smallest absolute Gasteiger partial charge is 0.410 e.